The number of aromatic nitrogens is 1. The van der Waals surface area contributed by atoms with Crippen molar-refractivity contribution in [2.24, 2.45) is 0 Å². The molecule has 124 valence electrons. The van der Waals surface area contributed by atoms with Crippen LogP contribution in [0.15, 0.2) is 53.4 Å². The van der Waals surface area contributed by atoms with E-state index in [9.17, 15) is 18.5 Å². The molecule has 0 saturated carbocycles. The summed E-state index contributed by atoms with van der Waals surface area (Å²) in [5, 5.41) is 11.5. The smallest absolute Gasteiger partial charge is 0.258 e. The number of non-ortho nitro benzene ring substituents is 1. The molecule has 24 heavy (non-hydrogen) atoms. The third kappa shape index (κ3) is 3.14. The Balaban J connectivity index is 1.88. The summed E-state index contributed by atoms with van der Waals surface area (Å²) in [5.74, 6) is 0. The summed E-state index contributed by atoms with van der Waals surface area (Å²) in [4.78, 5) is 14.5. The van der Waals surface area contributed by atoms with E-state index in [1.807, 2.05) is 24.3 Å². The molecule has 0 saturated heterocycles. The van der Waals surface area contributed by atoms with Crippen LogP contribution in [0.4, 0.5) is 5.69 Å². The Labute approximate surface area is 142 Å². The van der Waals surface area contributed by atoms with E-state index in [1.54, 1.807) is 0 Å². The molecule has 0 fully saturated rings. The van der Waals surface area contributed by atoms with Crippen molar-refractivity contribution in [3.63, 3.8) is 0 Å². The van der Waals surface area contributed by atoms with Gasteiger partial charge < -0.3 is 0 Å². The molecular weight excluding hydrogens is 350 g/mol. The molecule has 7 nitrogen and oxygen atoms in total. The van der Waals surface area contributed by atoms with Crippen molar-refractivity contribution in [2.45, 2.75) is 11.4 Å². The molecule has 0 amide bonds. The predicted octanol–water partition coefficient (Wildman–Crippen LogP) is 3.03. The van der Waals surface area contributed by atoms with Crippen LogP contribution in [-0.4, -0.2) is 29.7 Å². The van der Waals surface area contributed by atoms with Crippen LogP contribution in [-0.2, 0) is 16.6 Å². The topological polar surface area (TPSA) is 93.4 Å². The van der Waals surface area contributed by atoms with E-state index < -0.39 is 14.9 Å². The second-order valence-corrected chi connectivity index (χ2v) is 8.25. The van der Waals surface area contributed by atoms with Crippen molar-refractivity contribution < 1.29 is 13.3 Å². The van der Waals surface area contributed by atoms with Crippen molar-refractivity contribution in [1.82, 2.24) is 9.29 Å². The number of fused-ring (bicyclic) bond motifs is 1. The first kappa shape index (κ1) is 16.5. The second-order valence-electron chi connectivity index (χ2n) is 5.09. The number of hydrogen-bond donors (Lipinski definition) is 0. The van der Waals surface area contributed by atoms with Gasteiger partial charge in [-0.3, -0.25) is 10.1 Å². The first-order chi connectivity index (χ1) is 11.4. The van der Waals surface area contributed by atoms with Crippen molar-refractivity contribution >= 4 is 37.3 Å². The molecule has 3 aromatic rings. The van der Waals surface area contributed by atoms with E-state index in [0.29, 0.717) is 5.01 Å². The zero-order valence-corrected chi connectivity index (χ0v) is 14.3. The maximum absolute atomic E-state index is 12.6. The minimum absolute atomic E-state index is 0.102. The number of sulfonamides is 1. The molecule has 0 aliphatic carbocycles. The largest absolute Gasteiger partial charge is 0.270 e. The Bertz CT molecular complexity index is 981. The molecule has 1 heterocycles. The molecule has 0 aliphatic rings. The lowest BCUT2D eigenvalue weighted by Crippen LogP contribution is -2.26. The van der Waals surface area contributed by atoms with E-state index in [-0.39, 0.29) is 17.1 Å². The number of nitro groups is 1. The van der Waals surface area contributed by atoms with Crippen LogP contribution >= 0.6 is 11.3 Å². The van der Waals surface area contributed by atoms with Crippen molar-refractivity contribution in [3.8, 4) is 0 Å². The summed E-state index contributed by atoms with van der Waals surface area (Å²) < 4.78 is 27.3. The summed E-state index contributed by atoms with van der Waals surface area (Å²) >= 11 is 1.42. The van der Waals surface area contributed by atoms with Crippen LogP contribution in [0.2, 0.25) is 0 Å². The third-order valence-electron chi connectivity index (χ3n) is 3.43. The SMILES string of the molecule is CN(Cc1nc2ccccc2s1)S(=O)(=O)c1cccc([N+](=O)[O-])c1. The Morgan fingerprint density at radius 2 is 1.96 bits per heavy atom. The Morgan fingerprint density at radius 1 is 1.21 bits per heavy atom. The predicted molar refractivity (Wildman–Crippen MR) is 91.4 cm³/mol. The van der Waals surface area contributed by atoms with E-state index in [4.69, 9.17) is 0 Å². The Hall–Kier alpha value is -2.36. The maximum atomic E-state index is 12.6. The number of benzene rings is 2. The van der Waals surface area contributed by atoms with Crippen LogP contribution < -0.4 is 0 Å². The van der Waals surface area contributed by atoms with Gasteiger partial charge in [0.2, 0.25) is 10.0 Å². The van der Waals surface area contributed by atoms with Gasteiger partial charge in [-0.05, 0) is 18.2 Å². The normalized spacial score (nSPS) is 11.9. The monoisotopic (exact) mass is 363 g/mol. The minimum atomic E-state index is -3.84. The summed E-state index contributed by atoms with van der Waals surface area (Å²) in [6.45, 7) is 0.102. The first-order valence-electron chi connectivity index (χ1n) is 6.93. The van der Waals surface area contributed by atoms with E-state index >= 15 is 0 Å². The summed E-state index contributed by atoms with van der Waals surface area (Å²) in [5.41, 5.74) is 0.558. The van der Waals surface area contributed by atoms with Crippen LogP contribution in [0.25, 0.3) is 10.2 Å². The molecular formula is C15H13N3O4S2. The van der Waals surface area contributed by atoms with Gasteiger partial charge in [0.05, 0.1) is 26.6 Å². The van der Waals surface area contributed by atoms with Gasteiger partial charge in [-0.2, -0.15) is 4.31 Å². The minimum Gasteiger partial charge on any atom is -0.258 e. The standard InChI is InChI=1S/C15H13N3O4S2/c1-17(10-15-16-13-7-2-3-8-14(13)23-15)24(21,22)12-6-4-5-11(9-12)18(19)20/h2-9H,10H2,1H3. The Kier molecular flexibility index (Phi) is 4.31. The number of nitro benzene ring substituents is 1. The van der Waals surface area contributed by atoms with Crippen molar-refractivity contribution in [2.75, 3.05) is 7.05 Å². The third-order valence-corrected chi connectivity index (χ3v) is 6.25. The fourth-order valence-electron chi connectivity index (χ4n) is 2.20. The summed E-state index contributed by atoms with van der Waals surface area (Å²) in [6.07, 6.45) is 0. The molecule has 2 aromatic carbocycles. The fraction of sp³-hybridized carbons (Fsp3) is 0.133. The second kappa shape index (κ2) is 6.27. The van der Waals surface area contributed by atoms with E-state index in [0.717, 1.165) is 20.6 Å². The zero-order valence-electron chi connectivity index (χ0n) is 12.6. The molecule has 0 atom stereocenters. The highest BCUT2D eigenvalue weighted by Gasteiger charge is 2.24. The summed E-state index contributed by atoms with van der Waals surface area (Å²) in [7, 11) is -2.40. The van der Waals surface area contributed by atoms with Gasteiger partial charge in [-0.15, -0.1) is 11.3 Å². The highest BCUT2D eigenvalue weighted by Crippen LogP contribution is 2.25. The first-order valence-corrected chi connectivity index (χ1v) is 9.19. The summed E-state index contributed by atoms with van der Waals surface area (Å²) in [6, 6.07) is 12.6. The number of nitrogens with zero attached hydrogens (tertiary/aromatic N) is 3. The molecule has 3 rings (SSSR count). The molecule has 9 heteroatoms. The fourth-order valence-corrected chi connectivity index (χ4v) is 4.48. The van der Waals surface area contributed by atoms with Crippen LogP contribution in [0, 0.1) is 10.1 Å². The van der Waals surface area contributed by atoms with E-state index in [1.165, 1.54) is 36.6 Å². The molecule has 0 N–H and O–H groups in total. The number of thiazole rings is 1. The van der Waals surface area contributed by atoms with E-state index in [2.05, 4.69) is 4.98 Å². The molecule has 0 radical (unpaired) electrons. The van der Waals surface area contributed by atoms with Crippen LogP contribution in [0.3, 0.4) is 0 Å². The molecule has 0 aliphatic heterocycles. The number of para-hydroxylation sites is 1. The lowest BCUT2D eigenvalue weighted by Gasteiger charge is -2.15. The lowest BCUT2D eigenvalue weighted by atomic mass is 10.3. The van der Waals surface area contributed by atoms with Gasteiger partial charge >= 0.3 is 0 Å². The van der Waals surface area contributed by atoms with Crippen molar-refractivity contribution in [1.29, 1.82) is 0 Å². The van der Waals surface area contributed by atoms with Crippen LogP contribution in [0.5, 0.6) is 0 Å². The van der Waals surface area contributed by atoms with Gasteiger partial charge in [0.25, 0.3) is 5.69 Å². The zero-order chi connectivity index (χ0) is 17.3. The number of rotatable bonds is 5. The molecule has 0 spiro atoms. The van der Waals surface area contributed by atoms with Crippen molar-refractivity contribution in [3.05, 3.63) is 63.7 Å². The molecule has 1 aromatic heterocycles. The number of hydrogen-bond acceptors (Lipinski definition) is 6. The quantitative estimate of drug-likeness (QED) is 0.513. The lowest BCUT2D eigenvalue weighted by molar-refractivity contribution is -0.385. The van der Waals surface area contributed by atoms with Gasteiger partial charge in [0.1, 0.15) is 5.01 Å². The van der Waals surface area contributed by atoms with Gasteiger partial charge in [-0.1, -0.05) is 18.2 Å². The Morgan fingerprint density at radius 3 is 2.67 bits per heavy atom. The highest BCUT2D eigenvalue weighted by molar-refractivity contribution is 7.89. The maximum Gasteiger partial charge on any atom is 0.270 e. The van der Waals surface area contributed by atoms with Gasteiger partial charge in [-0.25, -0.2) is 13.4 Å². The van der Waals surface area contributed by atoms with Gasteiger partial charge in [0, 0.05) is 19.2 Å². The molecule has 0 bridgehead atoms. The average molecular weight is 363 g/mol. The van der Waals surface area contributed by atoms with Gasteiger partial charge in [0.15, 0.2) is 0 Å². The highest BCUT2D eigenvalue weighted by atomic mass is 32.2. The van der Waals surface area contributed by atoms with Crippen LogP contribution in [0.1, 0.15) is 5.01 Å². The molecule has 0 unspecified atom stereocenters. The average Bonchev–Trinajstić information content (AvgIpc) is 2.97.